The Kier molecular flexibility index (Phi) is 5.06. The maximum Gasteiger partial charge on any atom is 0.410 e. The topological polar surface area (TPSA) is 96.9 Å². The summed E-state index contributed by atoms with van der Waals surface area (Å²) in [5.74, 6) is 1.28. The summed E-state index contributed by atoms with van der Waals surface area (Å²) in [7, 11) is 0. The highest BCUT2D eigenvalue weighted by Crippen LogP contribution is 2.37. The van der Waals surface area contributed by atoms with E-state index in [2.05, 4.69) is 0 Å². The molecule has 0 saturated carbocycles. The molecule has 10 heteroatoms. The Hall–Kier alpha value is -3.17. The van der Waals surface area contributed by atoms with Gasteiger partial charge < -0.3 is 19.1 Å². The van der Waals surface area contributed by atoms with E-state index < -0.39 is 11.1 Å². The maximum absolute atomic E-state index is 13.5. The molecule has 33 heavy (non-hydrogen) atoms. The first-order valence-corrected chi connectivity index (χ1v) is 11.5. The Balaban J connectivity index is 1.41. The van der Waals surface area contributed by atoms with Crippen molar-refractivity contribution in [1.29, 1.82) is 0 Å². The molecule has 0 N–H and O–H groups in total. The van der Waals surface area contributed by atoms with Crippen LogP contribution < -0.4 is 20.9 Å². The number of likely N-dealkylation sites (tertiary alicyclic amines) is 1. The summed E-state index contributed by atoms with van der Waals surface area (Å²) in [4.78, 5) is 40.9. The molecule has 5 rings (SSSR count). The van der Waals surface area contributed by atoms with Gasteiger partial charge in [-0.15, -0.1) is 0 Å². The van der Waals surface area contributed by atoms with Crippen molar-refractivity contribution in [3.63, 3.8) is 0 Å². The Morgan fingerprint density at radius 1 is 1.03 bits per heavy atom. The van der Waals surface area contributed by atoms with Crippen LogP contribution in [0.25, 0.3) is 0 Å². The third-order valence-electron chi connectivity index (χ3n) is 6.69. The summed E-state index contributed by atoms with van der Waals surface area (Å²) in [6.07, 6.45) is 2.51. The van der Waals surface area contributed by atoms with Gasteiger partial charge >= 0.3 is 17.5 Å². The molecule has 3 aliphatic heterocycles. The fourth-order valence-corrected chi connectivity index (χ4v) is 5.09. The largest absolute Gasteiger partial charge is 0.454 e. The average Bonchev–Trinajstić information content (AvgIpc) is 3.32. The number of rotatable bonds is 2. The van der Waals surface area contributed by atoms with Crippen molar-refractivity contribution in [1.82, 2.24) is 18.8 Å². The second-order valence-electron chi connectivity index (χ2n) is 10.1. The molecular formula is C23H30N4O6. The van der Waals surface area contributed by atoms with E-state index in [9.17, 15) is 14.4 Å². The molecule has 1 amide bonds. The zero-order valence-electron chi connectivity index (χ0n) is 19.3. The second kappa shape index (κ2) is 7.71. The van der Waals surface area contributed by atoms with Gasteiger partial charge in [0.2, 0.25) is 6.79 Å². The molecule has 178 valence electrons. The maximum atomic E-state index is 13.5. The number of hydrogen-bond acceptors (Lipinski definition) is 6. The molecule has 4 heterocycles. The Morgan fingerprint density at radius 2 is 1.76 bits per heavy atom. The van der Waals surface area contributed by atoms with E-state index in [4.69, 9.17) is 14.2 Å². The predicted molar refractivity (Wildman–Crippen MR) is 119 cm³/mol. The van der Waals surface area contributed by atoms with Gasteiger partial charge in [0.15, 0.2) is 11.5 Å². The number of hydrogen-bond donors (Lipinski definition) is 0. The predicted octanol–water partition coefficient (Wildman–Crippen LogP) is 2.11. The molecule has 1 aromatic carbocycles. The standard InChI is InChI=1S/C23H30N4O6/c1-22(2,3)33-21(30)24-11-8-23(9-12-24)7-4-10-26-19(28)25(20(29)27(23)26)14-16-5-6-17-18(13-16)32-15-31-17/h5-6,13H,4,7-12,14-15H2,1-3H3. The molecule has 0 bridgehead atoms. The number of ether oxygens (including phenoxy) is 3. The molecular weight excluding hydrogens is 428 g/mol. The van der Waals surface area contributed by atoms with E-state index in [1.54, 1.807) is 20.3 Å². The SMILES string of the molecule is CC(C)(C)OC(=O)N1CCC2(CCCn3c(=O)n(Cc4ccc5c(c4)OCO5)c(=O)n32)CC1. The minimum atomic E-state index is -0.555. The molecule has 3 aliphatic rings. The third kappa shape index (κ3) is 3.81. The van der Waals surface area contributed by atoms with Crippen LogP contribution in [0.2, 0.25) is 0 Å². The lowest BCUT2D eigenvalue weighted by Crippen LogP contribution is -2.55. The first kappa shape index (κ1) is 21.7. The van der Waals surface area contributed by atoms with Crippen LogP contribution in [0.3, 0.4) is 0 Å². The van der Waals surface area contributed by atoms with Crippen molar-refractivity contribution in [3.05, 3.63) is 44.7 Å². The zero-order chi connectivity index (χ0) is 23.4. The van der Waals surface area contributed by atoms with Gasteiger partial charge in [-0.05, 0) is 64.2 Å². The molecule has 0 radical (unpaired) electrons. The van der Waals surface area contributed by atoms with Crippen molar-refractivity contribution >= 4 is 6.09 Å². The van der Waals surface area contributed by atoms with Gasteiger partial charge in [0.1, 0.15) is 5.60 Å². The lowest BCUT2D eigenvalue weighted by Gasteiger charge is -2.44. The van der Waals surface area contributed by atoms with E-state index in [-0.39, 0.29) is 30.8 Å². The minimum absolute atomic E-state index is 0.168. The van der Waals surface area contributed by atoms with Crippen LogP contribution in [0.4, 0.5) is 4.79 Å². The molecule has 10 nitrogen and oxygen atoms in total. The van der Waals surface area contributed by atoms with Crippen LogP contribution in [0.15, 0.2) is 27.8 Å². The van der Waals surface area contributed by atoms with Gasteiger partial charge in [-0.3, -0.25) is 0 Å². The monoisotopic (exact) mass is 458 g/mol. The number of nitrogens with zero attached hydrogens (tertiary/aromatic N) is 4. The van der Waals surface area contributed by atoms with E-state index in [0.717, 1.165) is 18.4 Å². The molecule has 1 saturated heterocycles. The summed E-state index contributed by atoms with van der Waals surface area (Å²) in [6.45, 7) is 7.37. The van der Waals surface area contributed by atoms with E-state index in [1.807, 2.05) is 32.9 Å². The third-order valence-corrected chi connectivity index (χ3v) is 6.69. The molecule has 0 atom stereocenters. The number of benzene rings is 1. The van der Waals surface area contributed by atoms with Gasteiger partial charge in [0, 0.05) is 19.6 Å². The van der Waals surface area contributed by atoms with Crippen LogP contribution in [0.1, 0.15) is 52.0 Å². The first-order chi connectivity index (χ1) is 15.7. The normalized spacial score (nSPS) is 18.9. The highest BCUT2D eigenvalue weighted by atomic mass is 16.7. The van der Waals surface area contributed by atoms with Crippen LogP contribution in [0, 0.1) is 0 Å². The Morgan fingerprint density at radius 3 is 2.48 bits per heavy atom. The van der Waals surface area contributed by atoms with Gasteiger partial charge in [-0.25, -0.2) is 28.3 Å². The van der Waals surface area contributed by atoms with Crippen molar-refractivity contribution in [2.75, 3.05) is 19.9 Å². The number of fused-ring (bicyclic) bond motifs is 3. The second-order valence-corrected chi connectivity index (χ2v) is 10.1. The molecule has 0 unspecified atom stereocenters. The van der Waals surface area contributed by atoms with Crippen molar-refractivity contribution in [3.8, 4) is 11.5 Å². The molecule has 1 spiro atoms. The van der Waals surface area contributed by atoms with Crippen LogP contribution in [0.5, 0.6) is 11.5 Å². The lowest BCUT2D eigenvalue weighted by atomic mass is 9.82. The van der Waals surface area contributed by atoms with Crippen molar-refractivity contribution in [2.45, 2.75) is 70.7 Å². The molecule has 0 aliphatic carbocycles. The molecule has 1 aromatic heterocycles. The molecule has 2 aromatic rings. The fraction of sp³-hybridized carbons (Fsp3) is 0.609. The van der Waals surface area contributed by atoms with E-state index in [1.165, 1.54) is 4.57 Å². The number of carbonyl (C=O) groups excluding carboxylic acids is 1. The summed E-state index contributed by atoms with van der Waals surface area (Å²) in [6, 6.07) is 5.45. The Labute approximate surface area is 191 Å². The zero-order valence-corrected chi connectivity index (χ0v) is 19.3. The number of piperidine rings is 1. The summed E-state index contributed by atoms with van der Waals surface area (Å²) in [5.41, 5.74) is -0.821. The smallest absolute Gasteiger partial charge is 0.410 e. The first-order valence-electron chi connectivity index (χ1n) is 11.5. The van der Waals surface area contributed by atoms with Gasteiger partial charge in [0.25, 0.3) is 0 Å². The highest BCUT2D eigenvalue weighted by molar-refractivity contribution is 5.68. The van der Waals surface area contributed by atoms with E-state index in [0.29, 0.717) is 44.0 Å². The number of amides is 1. The quantitative estimate of drug-likeness (QED) is 0.684. The number of carbonyl (C=O) groups is 1. The summed E-state index contributed by atoms with van der Waals surface area (Å²) >= 11 is 0. The highest BCUT2D eigenvalue weighted by Gasteiger charge is 2.43. The minimum Gasteiger partial charge on any atom is -0.454 e. The summed E-state index contributed by atoms with van der Waals surface area (Å²) < 4.78 is 20.8. The van der Waals surface area contributed by atoms with Crippen LogP contribution in [-0.4, -0.2) is 50.4 Å². The Bertz CT molecular complexity index is 1190. The van der Waals surface area contributed by atoms with Crippen LogP contribution in [-0.2, 0) is 23.4 Å². The fourth-order valence-electron chi connectivity index (χ4n) is 5.09. The van der Waals surface area contributed by atoms with Crippen molar-refractivity contribution in [2.24, 2.45) is 0 Å². The van der Waals surface area contributed by atoms with Gasteiger partial charge in [0.05, 0.1) is 12.1 Å². The average molecular weight is 459 g/mol. The number of aromatic nitrogens is 3. The van der Waals surface area contributed by atoms with Crippen LogP contribution >= 0.6 is 0 Å². The van der Waals surface area contributed by atoms with Gasteiger partial charge in [-0.2, -0.15) is 0 Å². The molecule has 1 fully saturated rings. The van der Waals surface area contributed by atoms with E-state index >= 15 is 0 Å². The van der Waals surface area contributed by atoms with Gasteiger partial charge in [-0.1, -0.05) is 6.07 Å². The lowest BCUT2D eigenvalue weighted by molar-refractivity contribution is 0.00211. The van der Waals surface area contributed by atoms with Crippen molar-refractivity contribution < 1.29 is 19.0 Å². The summed E-state index contributed by atoms with van der Waals surface area (Å²) in [5, 5.41) is 0.